The molecule has 5 nitrogen and oxygen atoms in total. The topological polar surface area (TPSA) is 50.3 Å². The molecule has 0 amide bonds. The lowest BCUT2D eigenvalue weighted by molar-refractivity contribution is 0.305. The van der Waals surface area contributed by atoms with Crippen LogP contribution in [0.2, 0.25) is 0 Å². The van der Waals surface area contributed by atoms with Crippen LogP contribution in [0.3, 0.4) is 0 Å². The maximum atomic E-state index is 13.9. The predicted octanol–water partition coefficient (Wildman–Crippen LogP) is 4.51. The van der Waals surface area contributed by atoms with Crippen molar-refractivity contribution in [3.05, 3.63) is 99.2 Å². The minimum absolute atomic E-state index is 0.110. The third-order valence-electron chi connectivity index (χ3n) is 5.80. The molecule has 0 radical (unpaired) electrons. The average Bonchev–Trinajstić information content (AvgIpc) is 3.00. The van der Waals surface area contributed by atoms with E-state index in [1.165, 1.54) is 12.1 Å². The Labute approximate surface area is 185 Å². The van der Waals surface area contributed by atoms with Crippen molar-refractivity contribution in [2.24, 2.45) is 0 Å². The molecular formula is C26H24FN3O2. The molecule has 0 unspecified atom stereocenters. The van der Waals surface area contributed by atoms with Crippen LogP contribution >= 0.6 is 0 Å². The fraction of sp³-hybridized carbons (Fsp3) is 0.192. The lowest BCUT2D eigenvalue weighted by Crippen LogP contribution is -2.24. The molecule has 0 saturated carbocycles. The molecule has 1 aliphatic heterocycles. The summed E-state index contributed by atoms with van der Waals surface area (Å²) in [5.41, 5.74) is 6.40. The zero-order chi connectivity index (χ0) is 22.2. The van der Waals surface area contributed by atoms with Crippen LogP contribution in [0.5, 0.6) is 5.75 Å². The Bertz CT molecular complexity index is 1400. The second-order valence-electron chi connectivity index (χ2n) is 8.31. The van der Waals surface area contributed by atoms with Crippen LogP contribution in [-0.4, -0.2) is 35.1 Å². The van der Waals surface area contributed by atoms with E-state index in [4.69, 9.17) is 4.74 Å². The van der Waals surface area contributed by atoms with Crippen molar-refractivity contribution < 1.29 is 9.13 Å². The molecule has 0 fully saturated rings. The Morgan fingerprint density at radius 2 is 1.94 bits per heavy atom. The first-order valence-electron chi connectivity index (χ1n) is 10.6. The fourth-order valence-electron chi connectivity index (χ4n) is 4.16. The largest absolute Gasteiger partial charge is 0.488 e. The normalized spacial score (nSPS) is 14.3. The number of aromatic nitrogens is 2. The molecule has 1 N–H and O–H groups in total. The molecule has 0 spiro atoms. The van der Waals surface area contributed by atoms with E-state index in [2.05, 4.69) is 22.0 Å². The first-order valence-corrected chi connectivity index (χ1v) is 10.6. The van der Waals surface area contributed by atoms with E-state index in [-0.39, 0.29) is 11.5 Å². The van der Waals surface area contributed by atoms with Crippen molar-refractivity contribution in [2.75, 3.05) is 20.6 Å². The number of ether oxygens (including phenoxy) is 1. The monoisotopic (exact) mass is 429 g/mol. The van der Waals surface area contributed by atoms with Gasteiger partial charge in [-0.3, -0.25) is 4.57 Å². The van der Waals surface area contributed by atoms with Crippen molar-refractivity contribution in [1.29, 1.82) is 0 Å². The number of aromatic amines is 1. The maximum Gasteiger partial charge on any atom is 0.326 e. The molecule has 2 heterocycles. The van der Waals surface area contributed by atoms with Crippen molar-refractivity contribution in [3.8, 4) is 5.75 Å². The molecule has 1 aliphatic rings. The number of rotatable bonds is 4. The molecule has 6 heteroatoms. The third kappa shape index (κ3) is 3.74. The highest BCUT2D eigenvalue weighted by Gasteiger charge is 2.20. The first-order chi connectivity index (χ1) is 15.5. The van der Waals surface area contributed by atoms with Gasteiger partial charge in [-0.1, -0.05) is 30.3 Å². The number of benzene rings is 3. The number of hydrogen-bond acceptors (Lipinski definition) is 3. The van der Waals surface area contributed by atoms with Crippen LogP contribution in [0.1, 0.15) is 22.3 Å². The van der Waals surface area contributed by atoms with Gasteiger partial charge < -0.3 is 14.6 Å². The molecular weight excluding hydrogens is 405 g/mol. The molecule has 4 aromatic rings. The van der Waals surface area contributed by atoms with Crippen LogP contribution in [0.25, 0.3) is 22.7 Å². The fourth-order valence-corrected chi connectivity index (χ4v) is 4.16. The zero-order valence-corrected chi connectivity index (χ0v) is 18.1. The Kier molecular flexibility index (Phi) is 5.15. The number of imidazole rings is 1. The van der Waals surface area contributed by atoms with Gasteiger partial charge in [0.1, 0.15) is 18.2 Å². The number of fused-ring (bicyclic) bond motifs is 3. The van der Waals surface area contributed by atoms with Gasteiger partial charge in [-0.2, -0.15) is 0 Å². The quantitative estimate of drug-likeness (QED) is 0.519. The number of halogens is 1. The molecule has 1 aromatic heterocycles. The maximum absolute atomic E-state index is 13.9. The zero-order valence-electron chi connectivity index (χ0n) is 18.1. The van der Waals surface area contributed by atoms with E-state index in [9.17, 15) is 9.18 Å². The smallest absolute Gasteiger partial charge is 0.326 e. The van der Waals surface area contributed by atoms with E-state index < -0.39 is 0 Å². The lowest BCUT2D eigenvalue weighted by atomic mass is 9.92. The van der Waals surface area contributed by atoms with Crippen LogP contribution < -0.4 is 10.4 Å². The number of nitrogens with one attached hydrogen (secondary N) is 1. The van der Waals surface area contributed by atoms with E-state index in [1.54, 1.807) is 10.6 Å². The van der Waals surface area contributed by atoms with Gasteiger partial charge in [0.25, 0.3) is 0 Å². The molecule has 0 aliphatic carbocycles. The van der Waals surface area contributed by atoms with Gasteiger partial charge >= 0.3 is 5.69 Å². The second-order valence-corrected chi connectivity index (χ2v) is 8.31. The summed E-state index contributed by atoms with van der Waals surface area (Å²) in [5.74, 6) is 0.198. The van der Waals surface area contributed by atoms with E-state index in [0.717, 1.165) is 45.4 Å². The summed E-state index contributed by atoms with van der Waals surface area (Å²) >= 11 is 0. The lowest BCUT2D eigenvalue weighted by Gasteiger charge is -2.11. The standard InChI is InChI=1S/C26H24FN3O2/c1-29(2)11-12-30-24-10-7-17(14-23(24)28-26(30)31)13-22-20-6-4-3-5-18(20)16-32-25-15-19(27)8-9-21(22)25/h3-10,13-15H,11-12,16H2,1-2H3,(H,28,31)/b22-13+. The number of H-pyrrole nitrogens is 1. The highest BCUT2D eigenvalue weighted by Crippen LogP contribution is 2.38. The average molecular weight is 429 g/mol. The van der Waals surface area contributed by atoms with Gasteiger partial charge in [-0.15, -0.1) is 0 Å². The van der Waals surface area contributed by atoms with E-state index in [0.29, 0.717) is 18.9 Å². The highest BCUT2D eigenvalue weighted by molar-refractivity contribution is 5.95. The number of hydrogen-bond donors (Lipinski definition) is 1. The minimum Gasteiger partial charge on any atom is -0.488 e. The van der Waals surface area contributed by atoms with Gasteiger partial charge in [-0.25, -0.2) is 9.18 Å². The van der Waals surface area contributed by atoms with E-state index >= 15 is 0 Å². The van der Waals surface area contributed by atoms with Crippen LogP contribution in [0, 0.1) is 5.82 Å². The van der Waals surface area contributed by atoms with Gasteiger partial charge in [0, 0.05) is 24.7 Å². The Hall–Kier alpha value is -3.64. The predicted molar refractivity (Wildman–Crippen MR) is 125 cm³/mol. The molecule has 5 rings (SSSR count). The van der Waals surface area contributed by atoms with Crippen molar-refractivity contribution in [2.45, 2.75) is 13.2 Å². The molecule has 0 saturated heterocycles. The molecule has 0 bridgehead atoms. The summed E-state index contributed by atoms with van der Waals surface area (Å²) in [6.45, 7) is 1.78. The van der Waals surface area contributed by atoms with Gasteiger partial charge in [0.05, 0.1) is 11.0 Å². The summed E-state index contributed by atoms with van der Waals surface area (Å²) in [4.78, 5) is 17.5. The van der Waals surface area contributed by atoms with Crippen LogP contribution in [0.4, 0.5) is 4.39 Å². The summed E-state index contributed by atoms with van der Waals surface area (Å²) < 4.78 is 21.6. The summed E-state index contributed by atoms with van der Waals surface area (Å²) in [6, 6.07) is 18.7. The van der Waals surface area contributed by atoms with Crippen LogP contribution in [-0.2, 0) is 13.2 Å². The Morgan fingerprint density at radius 3 is 2.78 bits per heavy atom. The van der Waals surface area contributed by atoms with Gasteiger partial charge in [0.15, 0.2) is 0 Å². The van der Waals surface area contributed by atoms with Crippen molar-refractivity contribution in [3.63, 3.8) is 0 Å². The Balaban J connectivity index is 1.64. The summed E-state index contributed by atoms with van der Waals surface area (Å²) in [5, 5.41) is 0. The molecule has 3 aromatic carbocycles. The minimum atomic E-state index is -0.327. The first kappa shape index (κ1) is 20.3. The summed E-state index contributed by atoms with van der Waals surface area (Å²) in [6.07, 6.45) is 2.07. The van der Waals surface area contributed by atoms with Crippen LogP contribution in [0.15, 0.2) is 65.5 Å². The molecule has 32 heavy (non-hydrogen) atoms. The molecule has 162 valence electrons. The van der Waals surface area contributed by atoms with E-state index in [1.807, 2.05) is 50.5 Å². The second kappa shape index (κ2) is 8.13. The molecule has 0 atom stereocenters. The number of nitrogens with zero attached hydrogens (tertiary/aromatic N) is 2. The van der Waals surface area contributed by atoms with Crippen molar-refractivity contribution >= 4 is 22.7 Å². The highest BCUT2D eigenvalue weighted by atomic mass is 19.1. The van der Waals surface area contributed by atoms with Gasteiger partial charge in [0.2, 0.25) is 0 Å². The van der Waals surface area contributed by atoms with Crippen molar-refractivity contribution in [1.82, 2.24) is 14.5 Å². The summed E-state index contributed by atoms with van der Waals surface area (Å²) in [7, 11) is 3.98. The number of likely N-dealkylation sites (N-methyl/N-ethyl adjacent to an activating group) is 1. The van der Waals surface area contributed by atoms with Gasteiger partial charge in [-0.05, 0) is 66.7 Å². The Morgan fingerprint density at radius 1 is 1.09 bits per heavy atom. The SMILES string of the molecule is CN(C)CCn1c(=O)[nH]c2cc(/C=C3\c4ccccc4COc4cc(F)ccc43)ccc21. The third-order valence-corrected chi connectivity index (χ3v) is 5.80.